The van der Waals surface area contributed by atoms with Crippen molar-refractivity contribution in [2.75, 3.05) is 5.32 Å². The smallest absolute Gasteiger partial charge is 0.267 e. The van der Waals surface area contributed by atoms with Crippen LogP contribution < -0.4 is 10.1 Å². The summed E-state index contributed by atoms with van der Waals surface area (Å²) in [4.78, 5) is 21.6. The topological polar surface area (TPSA) is 64.1 Å². The third kappa shape index (κ3) is 4.67. The lowest BCUT2D eigenvalue weighted by molar-refractivity contribution is 0.103. The van der Waals surface area contributed by atoms with Crippen molar-refractivity contribution >= 4 is 22.9 Å². The van der Waals surface area contributed by atoms with Gasteiger partial charge < -0.3 is 10.1 Å². The number of pyridine rings is 1. The minimum atomic E-state index is -0.167. The highest BCUT2D eigenvalue weighted by atomic mass is 32.1. The number of hydrogen-bond acceptors (Lipinski definition) is 5. The van der Waals surface area contributed by atoms with E-state index < -0.39 is 0 Å². The van der Waals surface area contributed by atoms with Gasteiger partial charge in [-0.3, -0.25) is 9.78 Å². The molecule has 3 aromatic rings. The Bertz CT molecular complexity index is 885. The molecule has 5 nitrogen and oxygen atoms in total. The van der Waals surface area contributed by atoms with Crippen LogP contribution in [0.5, 0.6) is 5.75 Å². The number of nitrogens with zero attached hydrogens (tertiary/aromatic N) is 2. The van der Waals surface area contributed by atoms with Crippen LogP contribution >= 0.6 is 11.3 Å². The first-order valence-corrected chi connectivity index (χ1v) is 9.14. The summed E-state index contributed by atoms with van der Waals surface area (Å²) < 4.78 is 5.75. The lowest BCUT2D eigenvalue weighted by Crippen LogP contribution is -2.11. The Kier molecular flexibility index (Phi) is 5.32. The van der Waals surface area contributed by atoms with Gasteiger partial charge in [0.1, 0.15) is 17.2 Å². The lowest BCUT2D eigenvalue weighted by Gasteiger charge is -2.13. The third-order valence-corrected chi connectivity index (χ3v) is 5.00. The van der Waals surface area contributed by atoms with Gasteiger partial charge in [-0.25, -0.2) is 4.98 Å². The Morgan fingerprint density at radius 3 is 2.69 bits per heavy atom. The number of thiazole rings is 1. The maximum absolute atomic E-state index is 12.5. The van der Waals surface area contributed by atoms with Gasteiger partial charge in [-0.15, -0.1) is 11.3 Å². The van der Waals surface area contributed by atoms with Crippen molar-refractivity contribution in [2.24, 2.45) is 0 Å². The summed E-state index contributed by atoms with van der Waals surface area (Å²) in [5, 5.41) is 3.84. The van der Waals surface area contributed by atoms with Crippen LogP contribution in [0.4, 0.5) is 5.69 Å². The second-order valence-electron chi connectivity index (χ2n) is 6.87. The SMILES string of the molecule is CC(C)(C)c1ncc(C(=O)Nc2cccc(OCc3ccccn3)c2)s1. The zero-order valence-electron chi connectivity index (χ0n) is 15.0. The van der Waals surface area contributed by atoms with Crippen molar-refractivity contribution in [2.45, 2.75) is 32.8 Å². The molecular formula is C20H21N3O2S. The highest BCUT2D eigenvalue weighted by Crippen LogP contribution is 2.27. The second kappa shape index (κ2) is 7.66. The number of rotatable bonds is 5. The molecule has 0 saturated carbocycles. The van der Waals surface area contributed by atoms with Crippen LogP contribution in [0.3, 0.4) is 0 Å². The molecular weight excluding hydrogens is 346 g/mol. The van der Waals surface area contributed by atoms with E-state index in [1.165, 1.54) is 11.3 Å². The van der Waals surface area contributed by atoms with Crippen molar-refractivity contribution in [3.63, 3.8) is 0 Å². The Hall–Kier alpha value is -2.73. The maximum Gasteiger partial charge on any atom is 0.267 e. The molecule has 0 unspecified atom stereocenters. The standard InChI is InChI=1S/C20H21N3O2S/c1-20(2,3)19-22-12-17(26-19)18(24)23-14-8-6-9-16(11-14)25-13-15-7-4-5-10-21-15/h4-12H,13H2,1-3H3,(H,23,24). The van der Waals surface area contributed by atoms with E-state index in [-0.39, 0.29) is 11.3 Å². The number of ether oxygens (including phenoxy) is 1. The molecule has 0 aliphatic rings. The Morgan fingerprint density at radius 1 is 1.15 bits per heavy atom. The van der Waals surface area contributed by atoms with Crippen LogP contribution in [0.1, 0.15) is 41.1 Å². The first kappa shape index (κ1) is 18.1. The fraction of sp³-hybridized carbons (Fsp3) is 0.250. The molecule has 1 aromatic carbocycles. The predicted octanol–water partition coefficient (Wildman–Crippen LogP) is 4.67. The monoisotopic (exact) mass is 367 g/mol. The van der Waals surface area contributed by atoms with E-state index in [4.69, 9.17) is 4.74 Å². The van der Waals surface area contributed by atoms with Crippen LogP contribution in [0.25, 0.3) is 0 Å². The molecule has 26 heavy (non-hydrogen) atoms. The van der Waals surface area contributed by atoms with Crippen molar-refractivity contribution < 1.29 is 9.53 Å². The number of aromatic nitrogens is 2. The third-order valence-electron chi connectivity index (χ3n) is 3.58. The van der Waals surface area contributed by atoms with Crippen LogP contribution in [0, 0.1) is 0 Å². The number of nitrogens with one attached hydrogen (secondary N) is 1. The first-order valence-electron chi connectivity index (χ1n) is 8.32. The van der Waals surface area contributed by atoms with Gasteiger partial charge >= 0.3 is 0 Å². The fourth-order valence-corrected chi connectivity index (χ4v) is 3.09. The lowest BCUT2D eigenvalue weighted by atomic mass is 9.98. The number of carbonyl (C=O) groups is 1. The van der Waals surface area contributed by atoms with E-state index in [0.29, 0.717) is 22.9 Å². The quantitative estimate of drug-likeness (QED) is 0.712. The van der Waals surface area contributed by atoms with Gasteiger partial charge in [0.25, 0.3) is 5.91 Å². The molecule has 3 rings (SSSR count). The number of hydrogen-bond donors (Lipinski definition) is 1. The molecule has 0 aliphatic heterocycles. The van der Waals surface area contributed by atoms with Gasteiger partial charge in [-0.1, -0.05) is 32.9 Å². The molecule has 6 heteroatoms. The second-order valence-corrected chi connectivity index (χ2v) is 7.90. The highest BCUT2D eigenvalue weighted by Gasteiger charge is 2.20. The average Bonchev–Trinajstić information content (AvgIpc) is 3.12. The Labute approximate surface area is 157 Å². The molecule has 2 aromatic heterocycles. The Morgan fingerprint density at radius 2 is 2.00 bits per heavy atom. The van der Waals surface area contributed by atoms with Crippen LogP contribution in [-0.4, -0.2) is 15.9 Å². The molecule has 0 fully saturated rings. The molecule has 0 atom stereocenters. The molecule has 2 heterocycles. The number of carbonyl (C=O) groups excluding carboxylic acids is 1. The molecule has 1 amide bonds. The number of anilines is 1. The summed E-state index contributed by atoms with van der Waals surface area (Å²) in [7, 11) is 0. The Balaban J connectivity index is 1.64. The van der Waals surface area contributed by atoms with Gasteiger partial charge in [0.05, 0.1) is 16.9 Å². The van der Waals surface area contributed by atoms with Gasteiger partial charge in [-0.05, 0) is 24.3 Å². The number of amides is 1. The number of benzene rings is 1. The summed E-state index contributed by atoms with van der Waals surface area (Å²) in [5.74, 6) is 0.507. The molecule has 1 N–H and O–H groups in total. The summed E-state index contributed by atoms with van der Waals surface area (Å²) in [5.41, 5.74) is 1.46. The molecule has 0 aliphatic carbocycles. The maximum atomic E-state index is 12.5. The van der Waals surface area contributed by atoms with E-state index in [0.717, 1.165) is 10.7 Å². The highest BCUT2D eigenvalue weighted by molar-refractivity contribution is 7.13. The molecule has 0 bridgehead atoms. The average molecular weight is 367 g/mol. The molecule has 0 saturated heterocycles. The fourth-order valence-electron chi connectivity index (χ4n) is 2.22. The van der Waals surface area contributed by atoms with E-state index in [9.17, 15) is 4.79 Å². The van der Waals surface area contributed by atoms with Gasteiger partial charge in [0, 0.05) is 23.4 Å². The van der Waals surface area contributed by atoms with Crippen molar-refractivity contribution in [1.82, 2.24) is 9.97 Å². The zero-order valence-corrected chi connectivity index (χ0v) is 15.8. The van der Waals surface area contributed by atoms with E-state index in [2.05, 4.69) is 36.1 Å². The largest absolute Gasteiger partial charge is 0.487 e. The van der Waals surface area contributed by atoms with Crippen LogP contribution in [-0.2, 0) is 12.0 Å². The van der Waals surface area contributed by atoms with Gasteiger partial charge in [0.15, 0.2) is 0 Å². The predicted molar refractivity (Wildman–Crippen MR) is 104 cm³/mol. The van der Waals surface area contributed by atoms with E-state index >= 15 is 0 Å². The van der Waals surface area contributed by atoms with Gasteiger partial charge in [0.2, 0.25) is 0 Å². The van der Waals surface area contributed by atoms with Crippen LogP contribution in [0.2, 0.25) is 0 Å². The summed E-state index contributed by atoms with van der Waals surface area (Å²) in [6.07, 6.45) is 3.36. The summed E-state index contributed by atoms with van der Waals surface area (Å²) in [6, 6.07) is 13.0. The van der Waals surface area contributed by atoms with Crippen molar-refractivity contribution in [3.05, 3.63) is 70.4 Å². The van der Waals surface area contributed by atoms with Crippen molar-refractivity contribution in [3.8, 4) is 5.75 Å². The van der Waals surface area contributed by atoms with Crippen LogP contribution in [0.15, 0.2) is 54.9 Å². The summed E-state index contributed by atoms with van der Waals surface area (Å²) in [6.45, 7) is 6.61. The van der Waals surface area contributed by atoms with Crippen molar-refractivity contribution in [1.29, 1.82) is 0 Å². The van der Waals surface area contributed by atoms with E-state index in [1.807, 2.05) is 36.4 Å². The first-order chi connectivity index (χ1) is 12.4. The minimum Gasteiger partial charge on any atom is -0.487 e. The zero-order chi connectivity index (χ0) is 18.6. The molecule has 0 radical (unpaired) electrons. The van der Waals surface area contributed by atoms with Gasteiger partial charge in [-0.2, -0.15) is 0 Å². The minimum absolute atomic E-state index is 0.0670. The summed E-state index contributed by atoms with van der Waals surface area (Å²) >= 11 is 1.42. The normalized spacial score (nSPS) is 11.2. The van der Waals surface area contributed by atoms with E-state index in [1.54, 1.807) is 18.5 Å². The molecule has 134 valence electrons. The molecule has 0 spiro atoms.